The number of hydrogen-bond donors (Lipinski definition) is 0. The van der Waals surface area contributed by atoms with Crippen molar-refractivity contribution in [1.29, 1.82) is 0 Å². The highest BCUT2D eigenvalue weighted by molar-refractivity contribution is 5.27. The lowest BCUT2D eigenvalue weighted by atomic mass is 10.2. The van der Waals surface area contributed by atoms with Crippen molar-refractivity contribution in [2.45, 2.75) is 33.3 Å². The molecule has 0 spiro atoms. The summed E-state index contributed by atoms with van der Waals surface area (Å²) in [7, 11) is 0. The lowest BCUT2D eigenvalue weighted by Crippen LogP contribution is -2.09. The van der Waals surface area contributed by atoms with Gasteiger partial charge in [0.15, 0.2) is 0 Å². The normalized spacial score (nSPS) is 12.6. The average Bonchev–Trinajstić information content (AvgIpc) is 2.04. The van der Waals surface area contributed by atoms with Gasteiger partial charge in [-0.2, -0.15) is 0 Å². The standard InChI is InChI=1S/C11H16O/c1-4-10(3)12-11-7-5-6-9(2)8-11/h5-8,10H,4H2,1-3H3/t10-/m1/s1. The van der Waals surface area contributed by atoms with Crippen LogP contribution in [0.25, 0.3) is 0 Å². The first-order valence-electron chi connectivity index (χ1n) is 4.45. The third kappa shape index (κ3) is 2.57. The van der Waals surface area contributed by atoms with Crippen molar-refractivity contribution in [2.75, 3.05) is 0 Å². The zero-order valence-corrected chi connectivity index (χ0v) is 8.00. The van der Waals surface area contributed by atoms with Gasteiger partial charge < -0.3 is 4.74 Å². The quantitative estimate of drug-likeness (QED) is 0.666. The molecule has 1 aromatic rings. The third-order valence-electron chi connectivity index (χ3n) is 1.90. The third-order valence-corrected chi connectivity index (χ3v) is 1.90. The van der Waals surface area contributed by atoms with Crippen molar-refractivity contribution >= 4 is 0 Å². The number of hydrogen-bond acceptors (Lipinski definition) is 1. The molecule has 0 aliphatic carbocycles. The lowest BCUT2D eigenvalue weighted by molar-refractivity contribution is 0.217. The van der Waals surface area contributed by atoms with Crippen molar-refractivity contribution < 1.29 is 4.74 Å². The first-order valence-corrected chi connectivity index (χ1v) is 4.45. The van der Waals surface area contributed by atoms with Gasteiger partial charge in [0.1, 0.15) is 5.75 Å². The van der Waals surface area contributed by atoms with Gasteiger partial charge in [-0.3, -0.25) is 0 Å². The van der Waals surface area contributed by atoms with E-state index in [1.54, 1.807) is 0 Å². The van der Waals surface area contributed by atoms with Crippen LogP contribution < -0.4 is 4.74 Å². The van der Waals surface area contributed by atoms with Crippen molar-refractivity contribution in [3.63, 3.8) is 0 Å². The highest BCUT2D eigenvalue weighted by Gasteiger charge is 1.99. The molecule has 0 fully saturated rings. The second kappa shape index (κ2) is 4.15. The molecule has 1 nitrogen and oxygen atoms in total. The fourth-order valence-electron chi connectivity index (χ4n) is 1.00. The van der Waals surface area contributed by atoms with Crippen LogP contribution in [-0.4, -0.2) is 6.10 Å². The number of rotatable bonds is 3. The van der Waals surface area contributed by atoms with Crippen molar-refractivity contribution in [2.24, 2.45) is 0 Å². The Morgan fingerprint density at radius 1 is 1.42 bits per heavy atom. The predicted molar refractivity (Wildman–Crippen MR) is 51.6 cm³/mol. The van der Waals surface area contributed by atoms with Crippen molar-refractivity contribution in [3.05, 3.63) is 29.8 Å². The van der Waals surface area contributed by atoms with Crippen LogP contribution in [0.5, 0.6) is 5.75 Å². The summed E-state index contributed by atoms with van der Waals surface area (Å²) in [5, 5.41) is 0. The Labute approximate surface area is 74.4 Å². The van der Waals surface area contributed by atoms with E-state index in [4.69, 9.17) is 4.74 Å². The molecular weight excluding hydrogens is 148 g/mol. The van der Waals surface area contributed by atoms with Crippen LogP contribution in [0.15, 0.2) is 24.3 Å². The number of ether oxygens (including phenoxy) is 1. The molecule has 0 heterocycles. The van der Waals surface area contributed by atoms with Crippen LogP contribution in [0.2, 0.25) is 0 Å². The molecular formula is C11H16O. The van der Waals surface area contributed by atoms with E-state index in [-0.39, 0.29) is 0 Å². The average molecular weight is 164 g/mol. The Balaban J connectivity index is 2.63. The topological polar surface area (TPSA) is 9.23 Å². The van der Waals surface area contributed by atoms with E-state index in [9.17, 15) is 0 Å². The van der Waals surface area contributed by atoms with Crippen molar-refractivity contribution in [1.82, 2.24) is 0 Å². The molecule has 1 aromatic carbocycles. The summed E-state index contributed by atoms with van der Waals surface area (Å²) < 4.78 is 5.64. The Morgan fingerprint density at radius 3 is 2.75 bits per heavy atom. The van der Waals surface area contributed by atoms with E-state index >= 15 is 0 Å². The Kier molecular flexibility index (Phi) is 3.15. The van der Waals surface area contributed by atoms with E-state index in [1.165, 1.54) is 5.56 Å². The van der Waals surface area contributed by atoms with E-state index in [1.807, 2.05) is 12.1 Å². The molecule has 0 amide bonds. The first-order chi connectivity index (χ1) is 5.72. The summed E-state index contributed by atoms with van der Waals surface area (Å²) in [5.41, 5.74) is 1.25. The Morgan fingerprint density at radius 2 is 2.17 bits per heavy atom. The number of aryl methyl sites for hydroxylation is 1. The monoisotopic (exact) mass is 164 g/mol. The summed E-state index contributed by atoms with van der Waals surface area (Å²) in [6, 6.07) is 8.15. The zero-order valence-electron chi connectivity index (χ0n) is 8.00. The summed E-state index contributed by atoms with van der Waals surface area (Å²) in [6.45, 7) is 6.28. The maximum Gasteiger partial charge on any atom is 0.119 e. The van der Waals surface area contributed by atoms with Gasteiger partial charge >= 0.3 is 0 Å². The van der Waals surface area contributed by atoms with Crippen LogP contribution in [-0.2, 0) is 0 Å². The fraction of sp³-hybridized carbons (Fsp3) is 0.455. The van der Waals surface area contributed by atoms with Crippen LogP contribution >= 0.6 is 0 Å². The van der Waals surface area contributed by atoms with Crippen LogP contribution in [0, 0.1) is 6.92 Å². The van der Waals surface area contributed by atoms with Gasteiger partial charge in [0.05, 0.1) is 6.10 Å². The van der Waals surface area contributed by atoms with E-state index in [0.29, 0.717) is 6.10 Å². The van der Waals surface area contributed by atoms with E-state index in [2.05, 4.69) is 32.9 Å². The minimum atomic E-state index is 0.312. The van der Waals surface area contributed by atoms with E-state index in [0.717, 1.165) is 12.2 Å². The minimum absolute atomic E-state index is 0.312. The van der Waals surface area contributed by atoms with Crippen LogP contribution in [0.4, 0.5) is 0 Å². The molecule has 0 aliphatic heterocycles. The van der Waals surface area contributed by atoms with Gasteiger partial charge in [0.2, 0.25) is 0 Å². The molecule has 0 aliphatic rings. The molecule has 12 heavy (non-hydrogen) atoms. The van der Waals surface area contributed by atoms with Gasteiger partial charge in [-0.15, -0.1) is 0 Å². The molecule has 1 rings (SSSR count). The molecule has 0 N–H and O–H groups in total. The van der Waals surface area contributed by atoms with Gasteiger partial charge in [-0.1, -0.05) is 19.1 Å². The lowest BCUT2D eigenvalue weighted by Gasteiger charge is -2.12. The second-order valence-electron chi connectivity index (χ2n) is 3.15. The highest BCUT2D eigenvalue weighted by Crippen LogP contribution is 2.14. The largest absolute Gasteiger partial charge is 0.491 e. The maximum absolute atomic E-state index is 5.64. The van der Waals surface area contributed by atoms with Gasteiger partial charge in [0, 0.05) is 0 Å². The predicted octanol–water partition coefficient (Wildman–Crippen LogP) is 3.17. The SMILES string of the molecule is CC[C@@H](C)Oc1cccc(C)c1. The molecule has 0 aromatic heterocycles. The second-order valence-corrected chi connectivity index (χ2v) is 3.15. The number of benzene rings is 1. The summed E-state index contributed by atoms with van der Waals surface area (Å²) in [5.74, 6) is 0.976. The Bertz CT molecular complexity index is 243. The molecule has 0 radical (unpaired) electrons. The fourth-order valence-corrected chi connectivity index (χ4v) is 1.00. The Hall–Kier alpha value is -0.980. The maximum atomic E-state index is 5.64. The smallest absolute Gasteiger partial charge is 0.119 e. The molecule has 1 atom stereocenters. The van der Waals surface area contributed by atoms with Gasteiger partial charge in [-0.05, 0) is 38.0 Å². The van der Waals surface area contributed by atoms with E-state index < -0.39 is 0 Å². The van der Waals surface area contributed by atoms with Crippen molar-refractivity contribution in [3.8, 4) is 5.75 Å². The minimum Gasteiger partial charge on any atom is -0.491 e. The summed E-state index contributed by atoms with van der Waals surface area (Å²) in [6.07, 6.45) is 1.36. The molecule has 1 heteroatoms. The van der Waals surface area contributed by atoms with Gasteiger partial charge in [0.25, 0.3) is 0 Å². The molecule has 0 bridgehead atoms. The molecule has 0 saturated carbocycles. The molecule has 0 saturated heterocycles. The molecule has 66 valence electrons. The summed E-state index contributed by atoms with van der Waals surface area (Å²) >= 11 is 0. The van der Waals surface area contributed by atoms with Crippen LogP contribution in [0.1, 0.15) is 25.8 Å². The summed E-state index contributed by atoms with van der Waals surface area (Å²) in [4.78, 5) is 0. The van der Waals surface area contributed by atoms with Gasteiger partial charge in [-0.25, -0.2) is 0 Å². The first kappa shape index (κ1) is 9.11. The van der Waals surface area contributed by atoms with Crippen LogP contribution in [0.3, 0.4) is 0 Å². The zero-order chi connectivity index (χ0) is 8.97. The highest BCUT2D eigenvalue weighted by atomic mass is 16.5. The molecule has 0 unspecified atom stereocenters.